The van der Waals surface area contributed by atoms with Crippen molar-refractivity contribution in [1.29, 1.82) is 0 Å². The molecule has 132 valence electrons. The fraction of sp³-hybridized carbons (Fsp3) is 0.357. The fourth-order valence-electron chi connectivity index (χ4n) is 1.40. The van der Waals surface area contributed by atoms with Crippen LogP contribution in [-0.2, 0) is 16.1 Å². The van der Waals surface area contributed by atoms with E-state index in [0.717, 1.165) is 0 Å². The Morgan fingerprint density at radius 2 is 1.71 bits per heavy atom. The predicted molar refractivity (Wildman–Crippen MR) is 83.5 cm³/mol. The van der Waals surface area contributed by atoms with Crippen molar-refractivity contribution in [3.8, 4) is 0 Å². The second kappa shape index (κ2) is 8.58. The summed E-state index contributed by atoms with van der Waals surface area (Å²) < 4.78 is 0. The number of nitro benzene ring substituents is 1. The highest BCUT2D eigenvalue weighted by Gasteiger charge is 2.18. The molecule has 1 aromatic rings. The first kappa shape index (κ1) is 21.0. The number of nitrogens with one attached hydrogen (secondary N) is 1. The highest BCUT2D eigenvalue weighted by Crippen LogP contribution is 2.20. The molecule has 0 aliphatic rings. The number of carboxylic acids is 2. The largest absolute Gasteiger partial charge is 0.473 e. The van der Waals surface area contributed by atoms with Gasteiger partial charge in [-0.2, -0.15) is 0 Å². The average Bonchev–Trinajstić information content (AvgIpc) is 2.44. The van der Waals surface area contributed by atoms with Crippen LogP contribution in [0, 0.1) is 10.1 Å². The Morgan fingerprint density at radius 1 is 1.21 bits per heavy atom. The normalized spacial score (nSPS) is 10.3. The van der Waals surface area contributed by atoms with E-state index in [1.54, 1.807) is 6.07 Å². The van der Waals surface area contributed by atoms with Crippen LogP contribution in [0.1, 0.15) is 36.7 Å². The zero-order valence-electron chi connectivity index (χ0n) is 13.4. The molecule has 0 bridgehead atoms. The van der Waals surface area contributed by atoms with Crippen LogP contribution in [0.15, 0.2) is 18.2 Å². The third-order valence-electron chi connectivity index (χ3n) is 2.56. The van der Waals surface area contributed by atoms with Crippen molar-refractivity contribution in [2.45, 2.75) is 32.9 Å². The van der Waals surface area contributed by atoms with E-state index < -0.39 is 22.8 Å². The number of amides is 1. The third kappa shape index (κ3) is 7.84. The van der Waals surface area contributed by atoms with Crippen LogP contribution in [0.3, 0.4) is 0 Å². The quantitative estimate of drug-likeness (QED) is 0.352. The van der Waals surface area contributed by atoms with Crippen molar-refractivity contribution in [2.24, 2.45) is 5.73 Å². The van der Waals surface area contributed by atoms with Gasteiger partial charge < -0.3 is 21.3 Å². The summed E-state index contributed by atoms with van der Waals surface area (Å²) in [5.41, 5.74) is 5.53. The molecule has 0 spiro atoms. The summed E-state index contributed by atoms with van der Waals surface area (Å²) in [5, 5.41) is 28.9. The highest BCUT2D eigenvalue weighted by atomic mass is 16.6. The van der Waals surface area contributed by atoms with Crippen molar-refractivity contribution >= 4 is 23.5 Å². The average molecular weight is 341 g/mol. The number of aliphatic carboxylic acids is 2. The molecule has 5 N–H and O–H groups in total. The number of nitrogens with two attached hydrogens (primary N) is 1. The summed E-state index contributed by atoms with van der Waals surface area (Å²) in [7, 11) is 0. The standard InChI is InChI=1S/C12H17N3O3.C2H2O4/c1-12(2,3)14-7-9-5-4-8(11(13)16)6-10(9)15(17)18;3-1(4)2(5)6/h4-6,14H,7H2,1-3H3,(H2,13,16);(H,3,4)(H,5,6). The SMILES string of the molecule is CC(C)(C)NCc1ccc(C(N)=O)cc1[N+](=O)[O-].O=C(O)C(=O)O. The predicted octanol–water partition coefficient (Wildman–Crippen LogP) is 0.737. The lowest BCUT2D eigenvalue weighted by atomic mass is 10.1. The lowest BCUT2D eigenvalue weighted by Gasteiger charge is -2.20. The smallest absolute Gasteiger partial charge is 0.414 e. The minimum absolute atomic E-state index is 0.0944. The molecule has 0 aliphatic heterocycles. The third-order valence-corrected chi connectivity index (χ3v) is 2.56. The minimum Gasteiger partial charge on any atom is -0.473 e. The van der Waals surface area contributed by atoms with Gasteiger partial charge in [-0.25, -0.2) is 9.59 Å². The number of carboxylic acid groups (broad SMARTS) is 2. The van der Waals surface area contributed by atoms with Gasteiger partial charge in [0.2, 0.25) is 5.91 Å². The van der Waals surface area contributed by atoms with E-state index in [1.165, 1.54) is 12.1 Å². The zero-order valence-corrected chi connectivity index (χ0v) is 13.4. The van der Waals surface area contributed by atoms with E-state index >= 15 is 0 Å². The van der Waals surface area contributed by atoms with E-state index in [2.05, 4.69) is 5.32 Å². The maximum absolute atomic E-state index is 11.0. The summed E-state index contributed by atoms with van der Waals surface area (Å²) in [6, 6.07) is 4.26. The fourth-order valence-corrected chi connectivity index (χ4v) is 1.40. The Labute approximate surface area is 137 Å². The van der Waals surface area contributed by atoms with Crippen molar-refractivity contribution in [3.05, 3.63) is 39.4 Å². The van der Waals surface area contributed by atoms with Gasteiger partial charge in [0, 0.05) is 29.3 Å². The summed E-state index contributed by atoms with van der Waals surface area (Å²) >= 11 is 0. The molecule has 0 aromatic heterocycles. The summed E-state index contributed by atoms with van der Waals surface area (Å²) in [4.78, 5) is 39.6. The van der Waals surface area contributed by atoms with Gasteiger partial charge >= 0.3 is 11.9 Å². The van der Waals surface area contributed by atoms with Gasteiger partial charge in [-0.3, -0.25) is 14.9 Å². The Hall–Kier alpha value is -3.01. The zero-order chi connectivity index (χ0) is 19.1. The van der Waals surface area contributed by atoms with E-state index in [-0.39, 0.29) is 16.8 Å². The number of benzene rings is 1. The Kier molecular flexibility index (Phi) is 7.50. The van der Waals surface area contributed by atoms with E-state index in [9.17, 15) is 14.9 Å². The molecule has 10 nitrogen and oxygen atoms in total. The number of carbonyl (C=O) groups is 3. The molecule has 1 rings (SSSR count). The molecule has 0 unspecified atom stereocenters. The minimum atomic E-state index is -1.82. The van der Waals surface area contributed by atoms with Crippen LogP contribution in [0.4, 0.5) is 5.69 Å². The number of hydrogen-bond donors (Lipinski definition) is 4. The second-order valence-corrected chi connectivity index (χ2v) is 5.68. The van der Waals surface area contributed by atoms with E-state index in [0.29, 0.717) is 12.1 Å². The molecular weight excluding hydrogens is 322 g/mol. The van der Waals surface area contributed by atoms with Crippen LogP contribution in [0.25, 0.3) is 0 Å². The number of carbonyl (C=O) groups excluding carboxylic acids is 1. The Morgan fingerprint density at radius 3 is 2.04 bits per heavy atom. The van der Waals surface area contributed by atoms with Gasteiger partial charge in [-0.15, -0.1) is 0 Å². The van der Waals surface area contributed by atoms with E-state index in [4.69, 9.17) is 25.5 Å². The molecule has 0 heterocycles. The monoisotopic (exact) mass is 341 g/mol. The lowest BCUT2D eigenvalue weighted by molar-refractivity contribution is -0.385. The number of primary amides is 1. The van der Waals surface area contributed by atoms with Crippen LogP contribution in [0.5, 0.6) is 0 Å². The topological polar surface area (TPSA) is 173 Å². The molecule has 1 aromatic carbocycles. The summed E-state index contributed by atoms with van der Waals surface area (Å²) in [6.07, 6.45) is 0. The van der Waals surface area contributed by atoms with Crippen LogP contribution < -0.4 is 11.1 Å². The molecule has 0 atom stereocenters. The van der Waals surface area contributed by atoms with Crippen LogP contribution in [-0.4, -0.2) is 38.5 Å². The van der Waals surface area contributed by atoms with Crippen LogP contribution >= 0.6 is 0 Å². The number of hydrogen-bond acceptors (Lipinski definition) is 6. The van der Waals surface area contributed by atoms with E-state index in [1.807, 2.05) is 20.8 Å². The van der Waals surface area contributed by atoms with Gasteiger partial charge in [-0.05, 0) is 26.8 Å². The molecule has 1 amide bonds. The number of rotatable bonds is 4. The van der Waals surface area contributed by atoms with Crippen molar-refractivity contribution < 1.29 is 29.5 Å². The van der Waals surface area contributed by atoms with Crippen molar-refractivity contribution in [1.82, 2.24) is 5.32 Å². The first-order valence-corrected chi connectivity index (χ1v) is 6.63. The van der Waals surface area contributed by atoms with Crippen molar-refractivity contribution in [3.63, 3.8) is 0 Å². The first-order chi connectivity index (χ1) is 10.8. The molecule has 0 saturated heterocycles. The molecule has 0 radical (unpaired) electrons. The summed E-state index contributed by atoms with van der Waals surface area (Å²) in [6.45, 7) is 6.27. The second-order valence-electron chi connectivity index (χ2n) is 5.68. The maximum Gasteiger partial charge on any atom is 0.414 e. The Bertz CT molecular complexity index is 638. The van der Waals surface area contributed by atoms with Gasteiger partial charge in [0.25, 0.3) is 5.69 Å². The molecule has 0 aliphatic carbocycles. The summed E-state index contributed by atoms with van der Waals surface area (Å²) in [5.74, 6) is -4.32. The van der Waals surface area contributed by atoms with Gasteiger partial charge in [0.05, 0.1) is 4.92 Å². The molecule has 0 fully saturated rings. The molecule has 24 heavy (non-hydrogen) atoms. The number of nitrogens with zero attached hydrogens (tertiary/aromatic N) is 1. The van der Waals surface area contributed by atoms with Crippen molar-refractivity contribution in [2.75, 3.05) is 0 Å². The maximum atomic E-state index is 11.0. The molecule has 10 heteroatoms. The van der Waals surface area contributed by atoms with Gasteiger partial charge in [-0.1, -0.05) is 6.07 Å². The highest BCUT2D eigenvalue weighted by molar-refractivity contribution is 6.27. The van der Waals surface area contributed by atoms with Gasteiger partial charge in [0.1, 0.15) is 0 Å². The molecule has 0 saturated carbocycles. The number of nitro groups is 1. The first-order valence-electron chi connectivity index (χ1n) is 6.63. The lowest BCUT2D eigenvalue weighted by Crippen LogP contribution is -2.35. The van der Waals surface area contributed by atoms with Gasteiger partial charge in [0.15, 0.2) is 0 Å². The van der Waals surface area contributed by atoms with Crippen LogP contribution in [0.2, 0.25) is 0 Å². The molecular formula is C14H19N3O7. The Balaban J connectivity index is 0.000000754.